The summed E-state index contributed by atoms with van der Waals surface area (Å²) in [5, 5.41) is 5.38. The van der Waals surface area contributed by atoms with Crippen LogP contribution in [0.4, 0.5) is 11.4 Å². The van der Waals surface area contributed by atoms with Crippen molar-refractivity contribution in [2.45, 2.75) is 6.54 Å². The Morgan fingerprint density at radius 3 is 2.95 bits per heavy atom. The van der Waals surface area contributed by atoms with E-state index in [2.05, 4.69) is 15.3 Å². The van der Waals surface area contributed by atoms with E-state index in [9.17, 15) is 0 Å². The fourth-order valence-electron chi connectivity index (χ4n) is 2.22. The summed E-state index contributed by atoms with van der Waals surface area (Å²) >= 11 is 0. The molecule has 3 rings (SSSR count). The SMILES string of the molecule is COc1cc(CNc2ccc3cnccc3c2N)ccn1. The number of rotatable bonds is 4. The van der Waals surface area contributed by atoms with Crippen molar-refractivity contribution < 1.29 is 4.74 Å². The number of pyridine rings is 2. The lowest BCUT2D eigenvalue weighted by molar-refractivity contribution is 0.397. The summed E-state index contributed by atoms with van der Waals surface area (Å²) in [4.78, 5) is 8.19. The average Bonchev–Trinajstić information content (AvgIpc) is 2.55. The van der Waals surface area contributed by atoms with Crippen LogP contribution in [0.1, 0.15) is 5.56 Å². The molecule has 0 saturated heterocycles. The molecule has 5 heteroatoms. The zero-order valence-electron chi connectivity index (χ0n) is 11.7. The summed E-state index contributed by atoms with van der Waals surface area (Å²) in [6.45, 7) is 0.652. The van der Waals surface area contributed by atoms with Crippen molar-refractivity contribution >= 4 is 22.1 Å². The molecule has 3 N–H and O–H groups in total. The van der Waals surface area contributed by atoms with Crippen LogP contribution in [-0.2, 0) is 6.54 Å². The Labute approximate surface area is 122 Å². The maximum Gasteiger partial charge on any atom is 0.213 e. The van der Waals surface area contributed by atoms with Crippen LogP contribution in [-0.4, -0.2) is 17.1 Å². The second-order valence-corrected chi connectivity index (χ2v) is 4.68. The van der Waals surface area contributed by atoms with E-state index in [1.807, 2.05) is 36.5 Å². The van der Waals surface area contributed by atoms with E-state index in [-0.39, 0.29) is 0 Å². The molecule has 0 fully saturated rings. The molecule has 3 aromatic rings. The highest BCUT2D eigenvalue weighted by Crippen LogP contribution is 2.28. The van der Waals surface area contributed by atoms with Gasteiger partial charge < -0.3 is 15.8 Å². The quantitative estimate of drug-likeness (QED) is 0.719. The van der Waals surface area contributed by atoms with Gasteiger partial charge in [-0.15, -0.1) is 0 Å². The highest BCUT2D eigenvalue weighted by Gasteiger charge is 2.04. The third kappa shape index (κ3) is 2.72. The van der Waals surface area contributed by atoms with Crippen LogP contribution in [0.15, 0.2) is 48.9 Å². The molecular weight excluding hydrogens is 264 g/mol. The molecule has 0 aliphatic carbocycles. The zero-order chi connectivity index (χ0) is 14.7. The van der Waals surface area contributed by atoms with Gasteiger partial charge in [0.05, 0.1) is 18.5 Å². The van der Waals surface area contributed by atoms with Gasteiger partial charge in [-0.1, -0.05) is 6.07 Å². The van der Waals surface area contributed by atoms with Gasteiger partial charge in [0.25, 0.3) is 0 Å². The minimum atomic E-state index is 0.604. The minimum Gasteiger partial charge on any atom is -0.481 e. The van der Waals surface area contributed by atoms with E-state index in [1.165, 1.54) is 0 Å². The van der Waals surface area contributed by atoms with Crippen LogP contribution >= 0.6 is 0 Å². The van der Waals surface area contributed by atoms with Gasteiger partial charge in [-0.05, 0) is 23.8 Å². The number of benzene rings is 1. The van der Waals surface area contributed by atoms with E-state index in [0.29, 0.717) is 12.4 Å². The number of methoxy groups -OCH3 is 1. The number of ether oxygens (including phenoxy) is 1. The molecule has 0 aliphatic rings. The van der Waals surface area contributed by atoms with E-state index >= 15 is 0 Å². The highest BCUT2D eigenvalue weighted by molar-refractivity contribution is 5.98. The molecule has 21 heavy (non-hydrogen) atoms. The summed E-state index contributed by atoms with van der Waals surface area (Å²) in [7, 11) is 1.61. The second kappa shape index (κ2) is 5.66. The summed E-state index contributed by atoms with van der Waals surface area (Å²) in [5.74, 6) is 0.604. The summed E-state index contributed by atoms with van der Waals surface area (Å²) in [6.07, 6.45) is 5.28. The van der Waals surface area contributed by atoms with Gasteiger partial charge in [0.2, 0.25) is 5.88 Å². The average molecular weight is 280 g/mol. The molecule has 0 radical (unpaired) electrons. The molecule has 0 atom stereocenters. The first-order valence-corrected chi connectivity index (χ1v) is 6.63. The maximum atomic E-state index is 6.21. The van der Waals surface area contributed by atoms with Crippen molar-refractivity contribution in [1.82, 2.24) is 9.97 Å². The summed E-state index contributed by atoms with van der Waals surface area (Å²) in [6, 6.07) is 9.74. The van der Waals surface area contributed by atoms with Gasteiger partial charge in [-0.2, -0.15) is 0 Å². The van der Waals surface area contributed by atoms with Crippen molar-refractivity contribution in [2.75, 3.05) is 18.2 Å². The first kappa shape index (κ1) is 13.2. The van der Waals surface area contributed by atoms with Crippen molar-refractivity contribution in [3.05, 3.63) is 54.5 Å². The third-order valence-corrected chi connectivity index (χ3v) is 3.35. The van der Waals surface area contributed by atoms with Crippen LogP contribution < -0.4 is 15.8 Å². The molecule has 0 amide bonds. The third-order valence-electron chi connectivity index (χ3n) is 3.35. The van der Waals surface area contributed by atoms with Crippen LogP contribution in [0.25, 0.3) is 10.8 Å². The molecule has 0 aliphatic heterocycles. The molecular formula is C16H16N4O. The molecule has 5 nitrogen and oxygen atoms in total. The first-order valence-electron chi connectivity index (χ1n) is 6.63. The molecule has 0 unspecified atom stereocenters. The predicted octanol–water partition coefficient (Wildman–Crippen LogP) is 2.83. The van der Waals surface area contributed by atoms with E-state index in [1.54, 1.807) is 19.5 Å². The topological polar surface area (TPSA) is 73.1 Å². The lowest BCUT2D eigenvalue weighted by Gasteiger charge is -2.12. The highest BCUT2D eigenvalue weighted by atomic mass is 16.5. The number of anilines is 2. The Balaban J connectivity index is 1.83. The Hall–Kier alpha value is -2.82. The molecule has 2 aromatic heterocycles. The van der Waals surface area contributed by atoms with Crippen molar-refractivity contribution in [3.8, 4) is 5.88 Å². The largest absolute Gasteiger partial charge is 0.481 e. The molecule has 0 spiro atoms. The van der Waals surface area contributed by atoms with E-state index in [0.717, 1.165) is 27.7 Å². The van der Waals surface area contributed by atoms with Gasteiger partial charge in [0.15, 0.2) is 0 Å². The van der Waals surface area contributed by atoms with Gasteiger partial charge in [-0.25, -0.2) is 4.98 Å². The van der Waals surface area contributed by atoms with Crippen LogP contribution in [0, 0.1) is 0 Å². The van der Waals surface area contributed by atoms with Crippen molar-refractivity contribution in [1.29, 1.82) is 0 Å². The second-order valence-electron chi connectivity index (χ2n) is 4.68. The number of fused-ring (bicyclic) bond motifs is 1. The number of nitrogens with one attached hydrogen (secondary N) is 1. The summed E-state index contributed by atoms with van der Waals surface area (Å²) in [5.41, 5.74) is 8.93. The number of nitrogens with two attached hydrogens (primary N) is 1. The maximum absolute atomic E-state index is 6.21. The fourth-order valence-corrected chi connectivity index (χ4v) is 2.22. The lowest BCUT2D eigenvalue weighted by Crippen LogP contribution is -2.03. The molecule has 106 valence electrons. The molecule has 1 aromatic carbocycles. The van der Waals surface area contributed by atoms with Gasteiger partial charge in [0, 0.05) is 42.0 Å². The van der Waals surface area contributed by atoms with E-state index < -0.39 is 0 Å². The van der Waals surface area contributed by atoms with Crippen LogP contribution in [0.2, 0.25) is 0 Å². The summed E-state index contributed by atoms with van der Waals surface area (Å²) < 4.78 is 5.12. The van der Waals surface area contributed by atoms with Crippen LogP contribution in [0.3, 0.4) is 0 Å². The van der Waals surface area contributed by atoms with Crippen molar-refractivity contribution in [2.24, 2.45) is 0 Å². The number of hydrogen-bond acceptors (Lipinski definition) is 5. The Morgan fingerprint density at radius 1 is 1.19 bits per heavy atom. The lowest BCUT2D eigenvalue weighted by atomic mass is 10.1. The Kier molecular flexibility index (Phi) is 3.55. The number of nitrogens with zero attached hydrogens (tertiary/aromatic N) is 2. The monoisotopic (exact) mass is 280 g/mol. The number of aromatic nitrogens is 2. The van der Waals surface area contributed by atoms with E-state index in [4.69, 9.17) is 10.5 Å². The number of hydrogen-bond donors (Lipinski definition) is 2. The minimum absolute atomic E-state index is 0.604. The van der Waals surface area contributed by atoms with Gasteiger partial charge in [-0.3, -0.25) is 4.98 Å². The Bertz CT molecular complexity index is 773. The first-order chi connectivity index (χ1) is 10.3. The molecule has 0 saturated carbocycles. The van der Waals surface area contributed by atoms with Gasteiger partial charge in [0.1, 0.15) is 0 Å². The van der Waals surface area contributed by atoms with Crippen LogP contribution in [0.5, 0.6) is 5.88 Å². The standard InChI is InChI=1S/C16H16N4O/c1-21-15-8-11(4-7-19-15)9-20-14-3-2-12-10-18-6-5-13(12)16(14)17/h2-8,10,20H,9,17H2,1H3. The smallest absolute Gasteiger partial charge is 0.213 e. The zero-order valence-corrected chi connectivity index (χ0v) is 11.7. The Morgan fingerprint density at radius 2 is 2.10 bits per heavy atom. The number of nitrogen functional groups attached to an aromatic ring is 1. The predicted molar refractivity (Wildman–Crippen MR) is 84.3 cm³/mol. The molecule has 2 heterocycles. The normalized spacial score (nSPS) is 10.5. The van der Waals surface area contributed by atoms with Gasteiger partial charge >= 0.3 is 0 Å². The molecule has 0 bridgehead atoms. The van der Waals surface area contributed by atoms with Crippen molar-refractivity contribution in [3.63, 3.8) is 0 Å². The fraction of sp³-hybridized carbons (Fsp3) is 0.125.